The average Bonchev–Trinajstić information content (AvgIpc) is 2.94. The minimum absolute atomic E-state index is 0.00636. The van der Waals surface area contributed by atoms with Gasteiger partial charge in [-0.1, -0.05) is 33.6 Å². The first kappa shape index (κ1) is 14.9. The van der Waals surface area contributed by atoms with Crippen LogP contribution in [-0.2, 0) is 10.0 Å². The molecule has 1 saturated carbocycles. The van der Waals surface area contributed by atoms with Crippen LogP contribution in [0.1, 0.15) is 46.5 Å². The molecule has 0 aromatic carbocycles. The van der Waals surface area contributed by atoms with Gasteiger partial charge in [0.1, 0.15) is 0 Å². The number of rotatable bonds is 7. The summed E-state index contributed by atoms with van der Waals surface area (Å²) in [6.45, 7) is 5.97. The summed E-state index contributed by atoms with van der Waals surface area (Å²) in [5, 5.41) is 9.22. The van der Waals surface area contributed by atoms with Crippen molar-refractivity contribution in [1.82, 2.24) is 4.72 Å². The van der Waals surface area contributed by atoms with E-state index in [0.29, 0.717) is 12.3 Å². The minimum atomic E-state index is -3.23. The summed E-state index contributed by atoms with van der Waals surface area (Å²) in [5.41, 5.74) is 0.00636. The largest absolute Gasteiger partial charge is 0.395 e. The summed E-state index contributed by atoms with van der Waals surface area (Å²) in [5.74, 6) is 0.806. The lowest BCUT2D eigenvalue weighted by atomic mass is 9.89. The van der Waals surface area contributed by atoms with E-state index in [2.05, 4.69) is 4.72 Å². The van der Waals surface area contributed by atoms with Crippen LogP contribution in [0.3, 0.4) is 0 Å². The average molecular weight is 263 g/mol. The molecule has 0 radical (unpaired) electrons. The number of hydrogen-bond donors (Lipinski definition) is 2. The van der Waals surface area contributed by atoms with Crippen LogP contribution in [0.5, 0.6) is 0 Å². The first-order valence-electron chi connectivity index (χ1n) is 6.33. The van der Waals surface area contributed by atoms with Gasteiger partial charge in [0, 0.05) is 6.04 Å². The van der Waals surface area contributed by atoms with Crippen molar-refractivity contribution >= 4 is 10.0 Å². The van der Waals surface area contributed by atoms with Crippen molar-refractivity contribution in [3.63, 3.8) is 0 Å². The SMILES string of the molecule is CC(C)(C)CC(CO)NS(=O)(=O)CCC1CC1. The molecule has 0 spiro atoms. The maximum atomic E-state index is 11.8. The molecule has 1 atom stereocenters. The lowest BCUT2D eigenvalue weighted by Crippen LogP contribution is -2.41. The summed E-state index contributed by atoms with van der Waals surface area (Å²) in [6, 6.07) is -0.362. The fourth-order valence-corrected chi connectivity index (χ4v) is 3.35. The molecule has 5 heteroatoms. The van der Waals surface area contributed by atoms with Crippen LogP contribution in [-0.4, -0.2) is 31.9 Å². The number of hydrogen-bond acceptors (Lipinski definition) is 3. The highest BCUT2D eigenvalue weighted by Gasteiger charge is 2.26. The number of aliphatic hydroxyl groups is 1. The zero-order valence-corrected chi connectivity index (χ0v) is 11.9. The van der Waals surface area contributed by atoms with E-state index < -0.39 is 10.0 Å². The summed E-state index contributed by atoms with van der Waals surface area (Å²) in [7, 11) is -3.23. The van der Waals surface area contributed by atoms with Gasteiger partial charge in [0.15, 0.2) is 0 Å². The first-order valence-corrected chi connectivity index (χ1v) is 7.98. The third kappa shape index (κ3) is 7.01. The van der Waals surface area contributed by atoms with Crippen molar-refractivity contribution in [2.45, 2.75) is 52.5 Å². The van der Waals surface area contributed by atoms with E-state index in [-0.39, 0.29) is 23.8 Å². The molecule has 1 rings (SSSR count). The van der Waals surface area contributed by atoms with Crippen molar-refractivity contribution in [3.05, 3.63) is 0 Å². The van der Waals surface area contributed by atoms with Crippen LogP contribution < -0.4 is 4.72 Å². The van der Waals surface area contributed by atoms with Crippen molar-refractivity contribution in [2.75, 3.05) is 12.4 Å². The van der Waals surface area contributed by atoms with Crippen LogP contribution in [0.2, 0.25) is 0 Å². The Morgan fingerprint density at radius 3 is 2.35 bits per heavy atom. The Kier molecular flexibility index (Phi) is 4.98. The third-order valence-electron chi connectivity index (χ3n) is 2.92. The zero-order chi connectivity index (χ0) is 13.1. The third-order valence-corrected chi connectivity index (χ3v) is 4.38. The monoisotopic (exact) mass is 263 g/mol. The fraction of sp³-hybridized carbons (Fsp3) is 1.00. The van der Waals surface area contributed by atoms with Gasteiger partial charge in [-0.05, 0) is 24.2 Å². The Labute approximate surface area is 105 Å². The van der Waals surface area contributed by atoms with Crippen LogP contribution in [0.4, 0.5) is 0 Å². The molecule has 0 aromatic heterocycles. The summed E-state index contributed by atoms with van der Waals surface area (Å²) < 4.78 is 26.2. The Morgan fingerprint density at radius 2 is 1.94 bits per heavy atom. The molecule has 1 fully saturated rings. The predicted molar refractivity (Wildman–Crippen MR) is 69.2 cm³/mol. The molecule has 0 aromatic rings. The highest BCUT2D eigenvalue weighted by Crippen LogP contribution is 2.32. The Bertz CT molecular complexity index is 328. The van der Waals surface area contributed by atoms with E-state index in [1.165, 1.54) is 12.8 Å². The van der Waals surface area contributed by atoms with E-state index >= 15 is 0 Å². The summed E-state index contributed by atoms with van der Waals surface area (Å²) in [6.07, 6.45) is 3.73. The van der Waals surface area contributed by atoms with Gasteiger partial charge in [0.25, 0.3) is 0 Å². The van der Waals surface area contributed by atoms with Crippen LogP contribution in [0.15, 0.2) is 0 Å². The quantitative estimate of drug-likeness (QED) is 0.731. The van der Waals surface area contributed by atoms with Crippen molar-refractivity contribution < 1.29 is 13.5 Å². The fourth-order valence-electron chi connectivity index (χ4n) is 1.92. The predicted octanol–water partition coefficient (Wildman–Crippen LogP) is 1.50. The second-order valence-corrected chi connectivity index (χ2v) is 8.19. The van der Waals surface area contributed by atoms with Gasteiger partial charge in [-0.15, -0.1) is 0 Å². The number of aliphatic hydroxyl groups excluding tert-OH is 1. The highest BCUT2D eigenvalue weighted by molar-refractivity contribution is 7.89. The van der Waals surface area contributed by atoms with E-state index in [4.69, 9.17) is 0 Å². The molecule has 1 unspecified atom stereocenters. The molecule has 17 heavy (non-hydrogen) atoms. The molecular weight excluding hydrogens is 238 g/mol. The molecule has 0 aliphatic heterocycles. The van der Waals surface area contributed by atoms with Gasteiger partial charge in [-0.25, -0.2) is 13.1 Å². The van der Waals surface area contributed by atoms with E-state index in [9.17, 15) is 13.5 Å². The molecule has 2 N–H and O–H groups in total. The maximum Gasteiger partial charge on any atom is 0.211 e. The maximum absolute atomic E-state index is 11.8. The van der Waals surface area contributed by atoms with Gasteiger partial charge in [-0.3, -0.25) is 0 Å². The van der Waals surface area contributed by atoms with Crippen molar-refractivity contribution in [2.24, 2.45) is 11.3 Å². The molecule has 102 valence electrons. The Morgan fingerprint density at radius 1 is 1.35 bits per heavy atom. The van der Waals surface area contributed by atoms with Crippen LogP contribution in [0.25, 0.3) is 0 Å². The lowest BCUT2D eigenvalue weighted by Gasteiger charge is -2.25. The standard InChI is InChI=1S/C12H25NO3S/c1-12(2,3)8-11(9-14)13-17(15,16)7-6-10-4-5-10/h10-11,13-14H,4-9H2,1-3H3. The first-order chi connectivity index (χ1) is 7.72. The van der Waals surface area contributed by atoms with Crippen molar-refractivity contribution in [3.8, 4) is 0 Å². The molecule has 0 bridgehead atoms. The topological polar surface area (TPSA) is 66.4 Å². The summed E-state index contributed by atoms with van der Waals surface area (Å²) >= 11 is 0. The smallest absolute Gasteiger partial charge is 0.211 e. The number of sulfonamides is 1. The molecule has 0 amide bonds. The van der Waals surface area contributed by atoms with E-state index in [1.807, 2.05) is 20.8 Å². The molecule has 0 saturated heterocycles. The van der Waals surface area contributed by atoms with Gasteiger partial charge in [-0.2, -0.15) is 0 Å². The summed E-state index contributed by atoms with van der Waals surface area (Å²) in [4.78, 5) is 0. The number of nitrogens with one attached hydrogen (secondary N) is 1. The highest BCUT2D eigenvalue weighted by atomic mass is 32.2. The van der Waals surface area contributed by atoms with Gasteiger partial charge >= 0.3 is 0 Å². The molecule has 1 aliphatic carbocycles. The zero-order valence-electron chi connectivity index (χ0n) is 11.1. The molecule has 1 aliphatic rings. The van der Waals surface area contributed by atoms with E-state index in [1.54, 1.807) is 0 Å². The second kappa shape index (κ2) is 5.67. The van der Waals surface area contributed by atoms with E-state index in [0.717, 1.165) is 6.42 Å². The van der Waals surface area contributed by atoms with Crippen LogP contribution >= 0.6 is 0 Å². The Hall–Kier alpha value is -0.130. The van der Waals surface area contributed by atoms with Crippen molar-refractivity contribution in [1.29, 1.82) is 0 Å². The molecule has 0 heterocycles. The second-order valence-electron chi connectivity index (χ2n) is 6.31. The lowest BCUT2D eigenvalue weighted by molar-refractivity contribution is 0.214. The Balaban J connectivity index is 2.41. The molecular formula is C12H25NO3S. The van der Waals surface area contributed by atoms with Gasteiger partial charge < -0.3 is 5.11 Å². The minimum Gasteiger partial charge on any atom is -0.395 e. The normalized spacial score (nSPS) is 19.3. The molecule has 4 nitrogen and oxygen atoms in total. The van der Waals surface area contributed by atoms with Gasteiger partial charge in [0.05, 0.1) is 12.4 Å². The van der Waals surface area contributed by atoms with Gasteiger partial charge in [0.2, 0.25) is 10.0 Å². The van der Waals surface area contributed by atoms with Crippen LogP contribution in [0, 0.1) is 11.3 Å².